The summed E-state index contributed by atoms with van der Waals surface area (Å²) in [4.78, 5) is 34.3. The van der Waals surface area contributed by atoms with Crippen LogP contribution in [0, 0.1) is 15.9 Å². The molecule has 0 saturated carbocycles. The number of rotatable bonds is 5. The van der Waals surface area contributed by atoms with Gasteiger partial charge in [-0.25, -0.2) is 9.18 Å². The van der Waals surface area contributed by atoms with Crippen LogP contribution in [0.25, 0.3) is 0 Å². The van der Waals surface area contributed by atoms with E-state index in [0.29, 0.717) is 0 Å². The number of carbonyl (C=O) groups is 2. The largest absolute Gasteiger partial charge is 0.449 e. The minimum Gasteiger partial charge on any atom is -0.449 e. The Morgan fingerprint density at radius 3 is 2.62 bits per heavy atom. The monoisotopic (exact) mass is 381 g/mol. The number of ether oxygens (including phenoxy) is 1. The highest BCUT2D eigenvalue weighted by atomic mass is 35.5. The van der Waals surface area contributed by atoms with Crippen LogP contribution >= 0.6 is 11.6 Å². The Morgan fingerprint density at radius 1 is 1.31 bits per heavy atom. The van der Waals surface area contributed by atoms with E-state index in [4.69, 9.17) is 22.1 Å². The van der Waals surface area contributed by atoms with Crippen molar-refractivity contribution in [3.8, 4) is 0 Å². The standard InChI is InChI=1S/C16H13ClFN3O5/c1-8(15(22)20-13-5-3-10(18)7-11(13)17)26-16(23)9-2-4-12(19)14(6-9)21(24)25/h2-8H,19H2,1H3,(H,20,22)/t8-/m0/s1. The Kier molecular flexibility index (Phi) is 5.73. The van der Waals surface area contributed by atoms with Crippen molar-refractivity contribution in [3.05, 3.63) is 62.9 Å². The van der Waals surface area contributed by atoms with Gasteiger partial charge in [-0.15, -0.1) is 0 Å². The Bertz CT molecular complexity index is 890. The molecule has 136 valence electrons. The van der Waals surface area contributed by atoms with Crippen LogP contribution in [0.3, 0.4) is 0 Å². The predicted octanol–water partition coefficient (Wildman–Crippen LogP) is 3.15. The minimum absolute atomic E-state index is 0.0222. The first-order chi connectivity index (χ1) is 12.2. The van der Waals surface area contributed by atoms with Crippen molar-refractivity contribution in [3.63, 3.8) is 0 Å². The molecule has 8 nitrogen and oxygen atoms in total. The number of nitrogens with one attached hydrogen (secondary N) is 1. The van der Waals surface area contributed by atoms with Gasteiger partial charge in [-0.2, -0.15) is 0 Å². The SMILES string of the molecule is C[C@H](OC(=O)c1ccc(N)c([N+](=O)[O-])c1)C(=O)Nc1ccc(F)cc1Cl. The van der Waals surface area contributed by atoms with Gasteiger partial charge in [-0.05, 0) is 37.3 Å². The molecule has 0 heterocycles. The van der Waals surface area contributed by atoms with Gasteiger partial charge in [0.2, 0.25) is 0 Å². The van der Waals surface area contributed by atoms with E-state index in [1.165, 1.54) is 25.1 Å². The van der Waals surface area contributed by atoms with E-state index in [9.17, 15) is 24.1 Å². The molecule has 0 saturated heterocycles. The number of halogens is 2. The number of esters is 1. The second-order valence-electron chi connectivity index (χ2n) is 5.19. The third kappa shape index (κ3) is 4.45. The second-order valence-corrected chi connectivity index (χ2v) is 5.60. The summed E-state index contributed by atoms with van der Waals surface area (Å²) in [5.74, 6) is -2.23. The normalized spacial score (nSPS) is 11.5. The van der Waals surface area contributed by atoms with Crippen LogP contribution in [-0.4, -0.2) is 22.9 Å². The van der Waals surface area contributed by atoms with E-state index in [2.05, 4.69) is 5.32 Å². The zero-order chi connectivity index (χ0) is 19.4. The third-order valence-corrected chi connectivity index (χ3v) is 3.62. The van der Waals surface area contributed by atoms with E-state index in [-0.39, 0.29) is 22.0 Å². The summed E-state index contributed by atoms with van der Waals surface area (Å²) in [7, 11) is 0. The lowest BCUT2D eigenvalue weighted by atomic mass is 10.2. The number of nitro groups is 1. The number of hydrogen-bond acceptors (Lipinski definition) is 6. The summed E-state index contributed by atoms with van der Waals surface area (Å²) in [5, 5.41) is 13.2. The molecule has 26 heavy (non-hydrogen) atoms. The van der Waals surface area contributed by atoms with Crippen molar-refractivity contribution in [2.45, 2.75) is 13.0 Å². The maximum Gasteiger partial charge on any atom is 0.339 e. The molecule has 0 spiro atoms. The van der Waals surface area contributed by atoms with Crippen LogP contribution in [0.2, 0.25) is 5.02 Å². The van der Waals surface area contributed by atoms with Gasteiger partial charge >= 0.3 is 5.97 Å². The molecule has 2 aromatic rings. The molecule has 1 atom stereocenters. The molecule has 0 aliphatic carbocycles. The maximum atomic E-state index is 13.0. The van der Waals surface area contributed by atoms with Crippen LogP contribution in [0.1, 0.15) is 17.3 Å². The minimum atomic E-state index is -1.24. The van der Waals surface area contributed by atoms with Crippen LogP contribution in [-0.2, 0) is 9.53 Å². The Hall–Kier alpha value is -3.20. The molecule has 1 amide bonds. The van der Waals surface area contributed by atoms with Crippen molar-refractivity contribution in [1.82, 2.24) is 0 Å². The van der Waals surface area contributed by atoms with E-state index in [1.807, 2.05) is 0 Å². The third-order valence-electron chi connectivity index (χ3n) is 3.30. The number of hydrogen-bond donors (Lipinski definition) is 2. The van der Waals surface area contributed by atoms with E-state index in [0.717, 1.165) is 18.2 Å². The van der Waals surface area contributed by atoms with Gasteiger partial charge in [0.25, 0.3) is 11.6 Å². The van der Waals surface area contributed by atoms with Crippen molar-refractivity contribution >= 4 is 40.5 Å². The zero-order valence-corrected chi connectivity index (χ0v) is 14.1. The van der Waals surface area contributed by atoms with Gasteiger partial charge in [0.1, 0.15) is 11.5 Å². The molecule has 3 N–H and O–H groups in total. The highest BCUT2D eigenvalue weighted by molar-refractivity contribution is 6.33. The lowest BCUT2D eigenvalue weighted by Crippen LogP contribution is -2.30. The highest BCUT2D eigenvalue weighted by Gasteiger charge is 2.22. The molecule has 0 fully saturated rings. The van der Waals surface area contributed by atoms with E-state index in [1.54, 1.807) is 0 Å². The topological polar surface area (TPSA) is 125 Å². The first-order valence-corrected chi connectivity index (χ1v) is 7.57. The van der Waals surface area contributed by atoms with E-state index < -0.39 is 34.4 Å². The van der Waals surface area contributed by atoms with Gasteiger partial charge in [-0.3, -0.25) is 14.9 Å². The Labute approximate surface area is 151 Å². The number of anilines is 2. The van der Waals surface area contributed by atoms with Gasteiger partial charge in [0, 0.05) is 6.07 Å². The second kappa shape index (κ2) is 7.79. The smallest absolute Gasteiger partial charge is 0.339 e. The fraction of sp³-hybridized carbons (Fsp3) is 0.125. The summed E-state index contributed by atoms with van der Waals surface area (Å²) in [6, 6.07) is 6.77. The molecule has 10 heteroatoms. The van der Waals surface area contributed by atoms with Gasteiger partial charge in [0.05, 0.1) is 21.2 Å². The molecule has 0 radical (unpaired) electrons. The summed E-state index contributed by atoms with van der Waals surface area (Å²) in [6.45, 7) is 1.30. The molecular weight excluding hydrogens is 369 g/mol. The molecule has 2 aromatic carbocycles. The fourth-order valence-corrected chi connectivity index (χ4v) is 2.15. The molecule has 0 unspecified atom stereocenters. The molecule has 2 rings (SSSR count). The van der Waals surface area contributed by atoms with Crippen molar-refractivity contribution < 1.29 is 23.6 Å². The molecule has 0 aliphatic rings. The number of nitrogens with two attached hydrogens (primary N) is 1. The van der Waals surface area contributed by atoms with Crippen LogP contribution in [0.15, 0.2) is 36.4 Å². The molecule has 0 aromatic heterocycles. The number of nitro benzene ring substituents is 1. The van der Waals surface area contributed by atoms with Gasteiger partial charge < -0.3 is 15.8 Å². The number of nitrogens with zero attached hydrogens (tertiary/aromatic N) is 1. The van der Waals surface area contributed by atoms with Crippen molar-refractivity contribution in [2.75, 3.05) is 11.1 Å². The summed E-state index contributed by atoms with van der Waals surface area (Å²) in [6.07, 6.45) is -1.24. The zero-order valence-electron chi connectivity index (χ0n) is 13.4. The van der Waals surface area contributed by atoms with Crippen molar-refractivity contribution in [1.29, 1.82) is 0 Å². The first-order valence-electron chi connectivity index (χ1n) is 7.20. The summed E-state index contributed by atoms with van der Waals surface area (Å²) in [5.41, 5.74) is 4.90. The van der Waals surface area contributed by atoms with Crippen molar-refractivity contribution in [2.24, 2.45) is 0 Å². The quantitative estimate of drug-likeness (QED) is 0.355. The summed E-state index contributed by atoms with van der Waals surface area (Å²) < 4.78 is 18.0. The van der Waals surface area contributed by atoms with Gasteiger partial charge in [-0.1, -0.05) is 11.6 Å². The van der Waals surface area contributed by atoms with Gasteiger partial charge in [0.15, 0.2) is 6.10 Å². The molecular formula is C16H13ClFN3O5. The lowest BCUT2D eigenvalue weighted by Gasteiger charge is -2.14. The average molecular weight is 382 g/mol. The van der Waals surface area contributed by atoms with E-state index >= 15 is 0 Å². The average Bonchev–Trinajstić information content (AvgIpc) is 2.57. The maximum absolute atomic E-state index is 13.0. The lowest BCUT2D eigenvalue weighted by molar-refractivity contribution is -0.383. The Balaban J connectivity index is 2.07. The fourth-order valence-electron chi connectivity index (χ4n) is 1.94. The Morgan fingerprint density at radius 2 is 2.00 bits per heavy atom. The number of carbonyl (C=O) groups excluding carboxylic acids is 2. The highest BCUT2D eigenvalue weighted by Crippen LogP contribution is 2.24. The van der Waals surface area contributed by atoms with Crippen LogP contribution < -0.4 is 11.1 Å². The predicted molar refractivity (Wildman–Crippen MR) is 92.4 cm³/mol. The first kappa shape index (κ1) is 19.1. The van der Waals surface area contributed by atoms with Crippen LogP contribution in [0.5, 0.6) is 0 Å². The number of benzene rings is 2. The number of amides is 1. The van der Waals surface area contributed by atoms with Crippen LogP contribution in [0.4, 0.5) is 21.5 Å². The summed E-state index contributed by atoms with van der Waals surface area (Å²) >= 11 is 5.80. The number of nitrogen functional groups attached to an aromatic ring is 1. The molecule has 0 aliphatic heterocycles. The molecule has 0 bridgehead atoms.